The largest absolute Gasteiger partial charge is 0.444 e. The van der Waals surface area contributed by atoms with Crippen LogP contribution >= 0.6 is 0 Å². The first-order valence-electron chi connectivity index (χ1n) is 13.3. The lowest BCUT2D eigenvalue weighted by molar-refractivity contribution is 0.000550. The van der Waals surface area contributed by atoms with Crippen LogP contribution in [0.3, 0.4) is 0 Å². The zero-order chi connectivity index (χ0) is 29.2. The van der Waals surface area contributed by atoms with Gasteiger partial charge < -0.3 is 14.5 Å². The highest BCUT2D eigenvalue weighted by Crippen LogP contribution is 2.24. The number of halogens is 2. The fourth-order valence-electron chi connectivity index (χ4n) is 4.75. The van der Waals surface area contributed by atoms with Gasteiger partial charge in [0.05, 0.1) is 17.0 Å². The van der Waals surface area contributed by atoms with E-state index in [9.17, 15) is 18.4 Å². The molecule has 212 valence electrons. The zero-order valence-corrected chi connectivity index (χ0v) is 23.9. The van der Waals surface area contributed by atoms with Gasteiger partial charge in [0.1, 0.15) is 5.60 Å². The molecule has 1 aromatic heterocycles. The molecule has 1 saturated heterocycles. The van der Waals surface area contributed by atoms with Crippen LogP contribution in [0.2, 0.25) is 0 Å². The van der Waals surface area contributed by atoms with Crippen LogP contribution in [0.5, 0.6) is 0 Å². The summed E-state index contributed by atoms with van der Waals surface area (Å²) in [6.07, 6.45) is -0.277. The molecule has 2 amide bonds. The Hall–Kier alpha value is -3.85. The van der Waals surface area contributed by atoms with Gasteiger partial charge in [0, 0.05) is 50.5 Å². The molecule has 1 aliphatic heterocycles. The molecule has 9 heteroatoms. The first-order chi connectivity index (χ1) is 18.8. The molecule has 40 heavy (non-hydrogen) atoms. The van der Waals surface area contributed by atoms with Crippen molar-refractivity contribution in [2.45, 2.75) is 52.8 Å². The van der Waals surface area contributed by atoms with Crippen LogP contribution in [0.1, 0.15) is 49.3 Å². The summed E-state index contributed by atoms with van der Waals surface area (Å²) in [5.74, 6) is -2.09. The molecule has 1 atom stereocenters. The number of hydrogen-bond donors (Lipinski definition) is 0. The summed E-state index contributed by atoms with van der Waals surface area (Å²) >= 11 is 0. The molecule has 0 N–H and O–H groups in total. The maximum atomic E-state index is 13.7. The molecule has 0 saturated carbocycles. The van der Waals surface area contributed by atoms with Gasteiger partial charge in [-0.2, -0.15) is 0 Å². The van der Waals surface area contributed by atoms with Gasteiger partial charge in [-0.3, -0.25) is 14.7 Å². The number of carbonyl (C=O) groups excluding carboxylic acids is 2. The Morgan fingerprint density at radius 1 is 1.02 bits per heavy atom. The fraction of sp³-hybridized carbons (Fsp3) is 0.387. The van der Waals surface area contributed by atoms with Gasteiger partial charge in [-0.05, 0) is 82.6 Å². The lowest BCUT2D eigenvalue weighted by Gasteiger charge is -2.40. The second kappa shape index (κ2) is 11.7. The van der Waals surface area contributed by atoms with Gasteiger partial charge >= 0.3 is 6.09 Å². The van der Waals surface area contributed by atoms with E-state index in [0.29, 0.717) is 29.1 Å². The van der Waals surface area contributed by atoms with Crippen molar-refractivity contribution < 1.29 is 23.1 Å². The van der Waals surface area contributed by atoms with E-state index in [0.717, 1.165) is 43.0 Å². The predicted molar refractivity (Wildman–Crippen MR) is 151 cm³/mol. The second-order valence-electron chi connectivity index (χ2n) is 11.2. The molecule has 2 aromatic carbocycles. The molecular weight excluding hydrogens is 514 g/mol. The number of nitrogens with zero attached hydrogens (tertiary/aromatic N) is 4. The van der Waals surface area contributed by atoms with Crippen molar-refractivity contribution in [3.8, 4) is 11.3 Å². The molecule has 2 heterocycles. The number of rotatable bonds is 5. The molecule has 0 unspecified atom stereocenters. The maximum Gasteiger partial charge on any atom is 0.410 e. The number of hydrogen-bond acceptors (Lipinski definition) is 5. The summed E-state index contributed by atoms with van der Waals surface area (Å²) in [6, 6.07) is 14.8. The molecule has 3 aromatic rings. The van der Waals surface area contributed by atoms with Gasteiger partial charge in [0.2, 0.25) is 0 Å². The summed E-state index contributed by atoms with van der Waals surface area (Å²) in [5.41, 5.74) is 3.14. The number of aromatic nitrogens is 1. The van der Waals surface area contributed by atoms with Crippen LogP contribution in [0.25, 0.3) is 11.3 Å². The number of amides is 2. The molecule has 0 spiro atoms. The Bertz CT molecular complexity index is 1390. The molecular formula is C31H36F2N4O3. The molecule has 0 aliphatic carbocycles. The topological polar surface area (TPSA) is 66.0 Å². The van der Waals surface area contributed by atoms with E-state index < -0.39 is 17.2 Å². The van der Waals surface area contributed by atoms with Crippen molar-refractivity contribution in [1.29, 1.82) is 0 Å². The number of aryl methyl sites for hydroxylation is 1. The fourth-order valence-corrected chi connectivity index (χ4v) is 4.75. The van der Waals surface area contributed by atoms with E-state index in [1.807, 2.05) is 52.0 Å². The monoisotopic (exact) mass is 550 g/mol. The van der Waals surface area contributed by atoms with Gasteiger partial charge in [-0.25, -0.2) is 13.6 Å². The molecule has 4 rings (SSSR count). The molecule has 1 aliphatic rings. The highest BCUT2D eigenvalue weighted by Gasteiger charge is 2.30. The standard InChI is InChI=1S/C31H36F2N4O3/c1-20-18-36(15-16-37(20)30(39)40-31(3,4)5)19-22-7-10-24(11-8-22)35(6)29(38)25-12-14-28(34-21(25)2)23-9-13-26(32)27(33)17-23/h7-14,17,20H,15-16,18-19H2,1-6H3/t20-/m0/s1. The average molecular weight is 551 g/mol. The quantitative estimate of drug-likeness (QED) is 0.387. The minimum Gasteiger partial charge on any atom is -0.444 e. The van der Waals surface area contributed by atoms with E-state index in [-0.39, 0.29) is 18.0 Å². The Morgan fingerprint density at radius 3 is 2.33 bits per heavy atom. The Morgan fingerprint density at radius 2 is 1.73 bits per heavy atom. The van der Waals surface area contributed by atoms with Crippen LogP contribution in [-0.2, 0) is 11.3 Å². The number of carbonyl (C=O) groups is 2. The highest BCUT2D eigenvalue weighted by atomic mass is 19.2. The minimum atomic E-state index is -0.946. The van der Waals surface area contributed by atoms with E-state index in [4.69, 9.17) is 4.74 Å². The van der Waals surface area contributed by atoms with Crippen molar-refractivity contribution >= 4 is 17.7 Å². The summed E-state index contributed by atoms with van der Waals surface area (Å²) in [4.78, 5) is 35.9. The normalized spacial score (nSPS) is 16.1. The molecule has 0 radical (unpaired) electrons. The zero-order valence-electron chi connectivity index (χ0n) is 23.9. The van der Waals surface area contributed by atoms with Gasteiger partial charge in [-0.1, -0.05) is 12.1 Å². The van der Waals surface area contributed by atoms with E-state index >= 15 is 0 Å². The lowest BCUT2D eigenvalue weighted by Crippen LogP contribution is -2.54. The van der Waals surface area contributed by atoms with Crippen LogP contribution in [0.4, 0.5) is 19.3 Å². The van der Waals surface area contributed by atoms with Crippen LogP contribution < -0.4 is 4.90 Å². The first-order valence-corrected chi connectivity index (χ1v) is 13.3. The van der Waals surface area contributed by atoms with Crippen molar-refractivity contribution in [1.82, 2.24) is 14.8 Å². The SMILES string of the molecule is Cc1nc(-c2ccc(F)c(F)c2)ccc1C(=O)N(C)c1ccc(CN2CCN(C(=O)OC(C)(C)C)[C@@H](C)C2)cc1. The lowest BCUT2D eigenvalue weighted by atomic mass is 10.1. The Balaban J connectivity index is 1.37. The molecule has 0 bridgehead atoms. The van der Waals surface area contributed by atoms with Crippen molar-refractivity contribution in [2.75, 3.05) is 31.6 Å². The minimum absolute atomic E-state index is 0.0388. The van der Waals surface area contributed by atoms with Gasteiger partial charge in [0.25, 0.3) is 5.91 Å². The van der Waals surface area contributed by atoms with Crippen LogP contribution in [-0.4, -0.2) is 65.1 Å². The van der Waals surface area contributed by atoms with Crippen LogP contribution in [0.15, 0.2) is 54.6 Å². The number of piperazine rings is 1. The third kappa shape index (κ3) is 6.83. The third-order valence-corrected chi connectivity index (χ3v) is 6.91. The Kier molecular flexibility index (Phi) is 8.54. The van der Waals surface area contributed by atoms with E-state index in [1.165, 1.54) is 6.07 Å². The van der Waals surface area contributed by atoms with Gasteiger partial charge in [0.15, 0.2) is 11.6 Å². The molecule has 7 nitrogen and oxygen atoms in total. The number of anilines is 1. The van der Waals surface area contributed by atoms with Crippen molar-refractivity contribution in [3.63, 3.8) is 0 Å². The van der Waals surface area contributed by atoms with E-state index in [2.05, 4.69) is 9.88 Å². The van der Waals surface area contributed by atoms with E-state index in [1.54, 1.807) is 35.9 Å². The maximum absolute atomic E-state index is 13.7. The number of benzene rings is 2. The molecule has 1 fully saturated rings. The average Bonchev–Trinajstić information content (AvgIpc) is 2.89. The second-order valence-corrected chi connectivity index (χ2v) is 11.2. The number of pyridine rings is 1. The predicted octanol–water partition coefficient (Wildman–Crippen LogP) is 6.05. The Labute approximate surface area is 234 Å². The highest BCUT2D eigenvalue weighted by molar-refractivity contribution is 6.06. The summed E-state index contributed by atoms with van der Waals surface area (Å²) in [6.45, 7) is 12.2. The van der Waals surface area contributed by atoms with Gasteiger partial charge in [-0.15, -0.1) is 0 Å². The summed E-state index contributed by atoms with van der Waals surface area (Å²) < 4.78 is 32.5. The summed E-state index contributed by atoms with van der Waals surface area (Å²) in [7, 11) is 1.71. The van der Waals surface area contributed by atoms with Crippen molar-refractivity contribution in [2.24, 2.45) is 0 Å². The third-order valence-electron chi connectivity index (χ3n) is 6.91. The first kappa shape index (κ1) is 29.1. The number of ether oxygens (including phenoxy) is 1. The van der Waals surface area contributed by atoms with Crippen LogP contribution in [0, 0.1) is 18.6 Å². The smallest absolute Gasteiger partial charge is 0.410 e. The van der Waals surface area contributed by atoms with Crippen molar-refractivity contribution in [3.05, 3.63) is 83.1 Å². The summed E-state index contributed by atoms with van der Waals surface area (Å²) in [5, 5.41) is 0.